The van der Waals surface area contributed by atoms with Gasteiger partial charge in [0.15, 0.2) is 0 Å². The van der Waals surface area contributed by atoms with Gasteiger partial charge in [0.2, 0.25) is 5.79 Å². The molecular weight excluding hydrogens is 822 g/mol. The molecule has 2 aliphatic carbocycles. The van der Waals surface area contributed by atoms with Crippen molar-refractivity contribution in [1.29, 1.82) is 5.26 Å². The number of carbonyl (C=O) groups excluding carboxylic acids is 1. The number of rotatable bonds is 19. The van der Waals surface area contributed by atoms with Gasteiger partial charge in [0.05, 0.1) is 29.9 Å². The summed E-state index contributed by atoms with van der Waals surface area (Å²) in [7, 11) is 1.52. The van der Waals surface area contributed by atoms with Crippen molar-refractivity contribution in [2.75, 3.05) is 26.9 Å². The van der Waals surface area contributed by atoms with E-state index in [0.29, 0.717) is 46.7 Å². The van der Waals surface area contributed by atoms with Crippen LogP contribution in [0.1, 0.15) is 83.5 Å². The van der Waals surface area contributed by atoms with Gasteiger partial charge in [-0.15, -0.1) is 6.58 Å². The van der Waals surface area contributed by atoms with Crippen molar-refractivity contribution in [1.82, 2.24) is 4.90 Å². The Morgan fingerprint density at radius 2 is 1.69 bits per heavy atom. The van der Waals surface area contributed by atoms with Crippen molar-refractivity contribution in [3.8, 4) is 17.6 Å². The molecule has 0 radical (unpaired) electrons. The molecule has 1 saturated carbocycles. The standard InChI is InChI=1S/C54H56FN3O7/c1-3-29-64-54-50(58(53(61)38-23-21-36(33-56)22-24-38)34-40-17-12-16-37-13-4-6-18-43(37)40)32-48(57-62-2)45-30-39(14-8-10-27-59)44(19-9-11-28-60)51(52(45)54)46-31-42(25-26-49(46)65-54)63-35-41-15-5-7-20-47(41)55/h3-7,12-13,15-18,20-26,30-31,39,44,50-52,59-60H,1,8-11,14,19,27-29,32,34-35H2,2H3. The number of nitriles is 1. The maximum absolute atomic E-state index is 15.5. The Morgan fingerprint density at radius 1 is 0.954 bits per heavy atom. The molecule has 10 nitrogen and oxygen atoms in total. The Bertz CT molecular complexity index is 2580. The van der Waals surface area contributed by atoms with Gasteiger partial charge in [0, 0.05) is 48.8 Å². The normalized spacial score (nSPS) is 22.5. The van der Waals surface area contributed by atoms with Gasteiger partial charge >= 0.3 is 0 Å². The summed E-state index contributed by atoms with van der Waals surface area (Å²) < 4.78 is 35.8. The molecular formula is C54H56FN3O7. The Morgan fingerprint density at radius 3 is 2.45 bits per heavy atom. The van der Waals surface area contributed by atoms with Crippen LogP contribution in [0.5, 0.6) is 11.5 Å². The number of oxime groups is 1. The van der Waals surface area contributed by atoms with E-state index in [1.165, 1.54) is 13.2 Å². The number of aliphatic hydroxyl groups is 2. The van der Waals surface area contributed by atoms with Crippen LogP contribution in [0.3, 0.4) is 0 Å². The van der Waals surface area contributed by atoms with E-state index in [-0.39, 0.29) is 68.9 Å². The zero-order chi connectivity index (χ0) is 45.3. The predicted molar refractivity (Wildman–Crippen MR) is 248 cm³/mol. The van der Waals surface area contributed by atoms with E-state index in [4.69, 9.17) is 24.2 Å². The quantitative estimate of drug-likeness (QED) is 0.0476. The maximum atomic E-state index is 15.5. The first kappa shape index (κ1) is 45.3. The van der Waals surface area contributed by atoms with E-state index >= 15 is 4.79 Å². The van der Waals surface area contributed by atoms with Crippen LogP contribution in [-0.2, 0) is 22.7 Å². The molecule has 0 aromatic heterocycles. The second-order valence-corrected chi connectivity index (χ2v) is 17.1. The molecule has 65 heavy (non-hydrogen) atoms. The number of hydrogen-bond acceptors (Lipinski definition) is 9. The van der Waals surface area contributed by atoms with E-state index in [0.717, 1.165) is 53.2 Å². The molecule has 1 amide bonds. The van der Waals surface area contributed by atoms with Gasteiger partial charge in [-0.2, -0.15) is 5.26 Å². The third kappa shape index (κ3) is 9.30. The van der Waals surface area contributed by atoms with Crippen molar-refractivity contribution >= 4 is 22.4 Å². The Kier molecular flexibility index (Phi) is 14.4. The molecule has 8 rings (SSSR count). The van der Waals surface area contributed by atoms with Gasteiger partial charge in [-0.3, -0.25) is 4.79 Å². The fourth-order valence-electron chi connectivity index (χ4n) is 10.4. The third-order valence-corrected chi connectivity index (χ3v) is 13.3. The molecule has 2 N–H and O–H groups in total. The number of hydrogen-bond donors (Lipinski definition) is 2. The Hall–Kier alpha value is -6.32. The summed E-state index contributed by atoms with van der Waals surface area (Å²) in [6, 6.07) is 34.5. The van der Waals surface area contributed by atoms with Crippen LogP contribution < -0.4 is 9.47 Å². The molecule has 5 aromatic carbocycles. The lowest BCUT2D eigenvalue weighted by molar-refractivity contribution is -0.255. The first-order chi connectivity index (χ1) is 31.8. The van der Waals surface area contributed by atoms with Gasteiger partial charge in [0.25, 0.3) is 5.91 Å². The number of benzene rings is 5. The molecule has 11 heteroatoms. The van der Waals surface area contributed by atoms with Crippen LogP contribution in [0.25, 0.3) is 10.8 Å². The molecule has 6 atom stereocenters. The van der Waals surface area contributed by atoms with Crippen molar-refractivity contribution in [3.05, 3.63) is 167 Å². The monoisotopic (exact) mass is 877 g/mol. The molecule has 6 unspecified atom stereocenters. The van der Waals surface area contributed by atoms with E-state index < -0.39 is 17.7 Å². The minimum Gasteiger partial charge on any atom is -0.489 e. The van der Waals surface area contributed by atoms with Gasteiger partial charge in [-0.25, -0.2) is 4.39 Å². The number of fused-ring (bicyclic) bond motifs is 3. The number of ether oxygens (including phenoxy) is 3. The number of nitrogens with zero attached hydrogens (tertiary/aromatic N) is 3. The Balaban J connectivity index is 1.35. The number of amides is 1. The van der Waals surface area contributed by atoms with Crippen LogP contribution in [0, 0.1) is 34.9 Å². The summed E-state index contributed by atoms with van der Waals surface area (Å²) in [5.74, 6) is -1.81. The van der Waals surface area contributed by atoms with Crippen LogP contribution in [0.15, 0.2) is 139 Å². The van der Waals surface area contributed by atoms with E-state index in [2.05, 4.69) is 36.9 Å². The van der Waals surface area contributed by atoms with Gasteiger partial charge < -0.3 is 34.2 Å². The highest BCUT2D eigenvalue weighted by Crippen LogP contribution is 2.62. The molecule has 1 aliphatic heterocycles. The van der Waals surface area contributed by atoms with Crippen LogP contribution in [0.4, 0.5) is 4.39 Å². The zero-order valence-electron chi connectivity index (χ0n) is 36.8. The molecule has 1 heterocycles. The second-order valence-electron chi connectivity index (χ2n) is 17.1. The van der Waals surface area contributed by atoms with Gasteiger partial charge in [0.1, 0.15) is 37.1 Å². The van der Waals surface area contributed by atoms with E-state index in [1.54, 1.807) is 48.5 Å². The highest BCUT2D eigenvalue weighted by atomic mass is 19.1. The summed E-state index contributed by atoms with van der Waals surface area (Å²) >= 11 is 0. The Labute approximate surface area is 380 Å². The zero-order valence-corrected chi connectivity index (χ0v) is 36.8. The molecule has 0 spiro atoms. The number of aliphatic hydroxyl groups excluding tert-OH is 2. The van der Waals surface area contributed by atoms with E-state index in [1.807, 2.05) is 47.4 Å². The molecule has 5 aromatic rings. The van der Waals surface area contributed by atoms with Crippen molar-refractivity contribution in [2.24, 2.45) is 22.9 Å². The van der Waals surface area contributed by atoms with Crippen molar-refractivity contribution in [3.63, 3.8) is 0 Å². The number of allylic oxidation sites excluding steroid dienone is 1. The van der Waals surface area contributed by atoms with Crippen LogP contribution in [-0.4, -0.2) is 65.5 Å². The topological polar surface area (TPSA) is 134 Å². The van der Waals surface area contributed by atoms with Crippen molar-refractivity contribution < 1.29 is 38.4 Å². The van der Waals surface area contributed by atoms with Crippen LogP contribution in [0.2, 0.25) is 0 Å². The molecule has 0 bridgehead atoms. The minimum atomic E-state index is -1.50. The summed E-state index contributed by atoms with van der Waals surface area (Å²) in [6.45, 7) is 4.51. The summed E-state index contributed by atoms with van der Waals surface area (Å²) in [6.07, 6.45) is 8.59. The van der Waals surface area contributed by atoms with Gasteiger partial charge in [-0.05, 0) is 108 Å². The molecule has 0 saturated heterocycles. The van der Waals surface area contributed by atoms with E-state index in [9.17, 15) is 19.9 Å². The summed E-state index contributed by atoms with van der Waals surface area (Å²) in [5.41, 5.74) is 4.65. The maximum Gasteiger partial charge on any atom is 0.254 e. The third-order valence-electron chi connectivity index (χ3n) is 13.3. The fourth-order valence-corrected chi connectivity index (χ4v) is 10.4. The lowest BCUT2D eigenvalue weighted by Crippen LogP contribution is -2.70. The number of unbranched alkanes of at least 4 members (excludes halogenated alkanes) is 2. The molecule has 3 aliphatic rings. The second kappa shape index (κ2) is 20.7. The first-order valence-electron chi connectivity index (χ1n) is 22.6. The smallest absolute Gasteiger partial charge is 0.254 e. The summed E-state index contributed by atoms with van der Waals surface area (Å²) in [5, 5.41) is 36.4. The molecule has 1 fully saturated rings. The fraction of sp³-hybridized carbons (Fsp3) is 0.352. The summed E-state index contributed by atoms with van der Waals surface area (Å²) in [4.78, 5) is 23.0. The number of carbonyl (C=O) groups is 1. The highest BCUT2D eigenvalue weighted by Gasteiger charge is 2.65. The average Bonchev–Trinajstić information content (AvgIpc) is 3.33. The highest BCUT2D eigenvalue weighted by molar-refractivity contribution is 6.03. The lowest BCUT2D eigenvalue weighted by atomic mass is 9.55. The average molecular weight is 878 g/mol. The first-order valence-corrected chi connectivity index (χ1v) is 22.6. The molecule has 336 valence electrons. The van der Waals surface area contributed by atoms with Crippen molar-refractivity contribution in [2.45, 2.75) is 75.8 Å². The largest absolute Gasteiger partial charge is 0.489 e. The SMILES string of the molecule is C=CCOC12Oc3ccc(OCc4ccccc4F)cc3C3C(CCCCO)C(CCCCO)C=C(C(=NOC)CC1N(Cc1cccc4ccccc14)C(=O)c1ccc(C#N)cc1)C32. The lowest BCUT2D eigenvalue weighted by Gasteiger charge is -2.60. The van der Waals surface area contributed by atoms with Gasteiger partial charge in [-0.1, -0.05) is 90.8 Å². The van der Waals surface area contributed by atoms with Crippen LogP contribution >= 0.6 is 0 Å². The predicted octanol–water partition coefficient (Wildman–Crippen LogP) is 10.0. The minimum absolute atomic E-state index is 0.00606. The number of halogens is 1.